The van der Waals surface area contributed by atoms with Crippen molar-refractivity contribution in [3.8, 4) is 5.88 Å². The van der Waals surface area contributed by atoms with E-state index in [-0.39, 0.29) is 36.0 Å². The summed E-state index contributed by atoms with van der Waals surface area (Å²) in [5, 5.41) is 136. The van der Waals surface area contributed by atoms with E-state index < -0.39 is 170 Å². The minimum absolute atomic E-state index is 0. The number of aliphatic hydroxyl groups is 13. The second-order valence-electron chi connectivity index (χ2n) is 12.9. The van der Waals surface area contributed by atoms with Crippen molar-refractivity contribution in [2.24, 2.45) is 0 Å². The average Bonchev–Trinajstić information content (AvgIpc) is 3.51. The molecule has 1 aromatic heterocycles. The van der Waals surface area contributed by atoms with Crippen LogP contribution in [-0.2, 0) is 33.3 Å². The number of rotatable bonds is 5. The number of hydrogen-bond donors (Lipinski definition) is 19. The molecular weight excluding hydrogens is 841 g/mol. The molecule has 5 saturated heterocycles. The molecule has 5 aliphatic rings. The van der Waals surface area contributed by atoms with Gasteiger partial charge < -0.3 is 90.4 Å². The summed E-state index contributed by atoms with van der Waals surface area (Å²) in [5.41, 5.74) is -2.49. The maximum atomic E-state index is 11.7. The van der Waals surface area contributed by atoms with Gasteiger partial charge in [0.2, 0.25) is 23.8 Å². The van der Waals surface area contributed by atoms with Crippen LogP contribution < -0.4 is 56.8 Å². The van der Waals surface area contributed by atoms with Crippen molar-refractivity contribution in [1.82, 2.24) is 25.9 Å². The first-order chi connectivity index (χ1) is 27.6. The number of urea groups is 1. The molecule has 6 amide bonds. The molecule has 1 aromatic rings. The van der Waals surface area contributed by atoms with Gasteiger partial charge in [-0.15, -0.1) is 0 Å². The molecule has 0 saturated carbocycles. The second-order valence-corrected chi connectivity index (χ2v) is 12.9. The third-order valence-corrected chi connectivity index (χ3v) is 8.77. The third kappa shape index (κ3) is 12.7. The molecule has 334 valence electrons. The standard InChI is InChI=1S/C10H14N2O8.C9H13NO8.C6H12O6.C4H4N2O3.Na/c13-1-2-4(14)5(15)6(16)7(20-2)3-8(17)11-10(19)12-9(3)18;11-1-2-3(12)4(13)5(14)6(17-2)7-8(15)10-9(16)18-7;7-1-2-3(8)4(9)5(10)6(11)12-2;7-2-1-3(8)6-4(9)5-2;/h2,4-7,13-16H,1H2,(H3,11,12,17,18,19);2-7,11-14H,1H2,(H,10,15,16);2-11H,1H2;1H2,(H2,5,6,7,8,9);/q;;;;+1/t2-,4-,5+,6-,7?;2-,3-,4+,5-,6?,7?;2-,3-,4+,5-,6?;;/m111../s1. The first-order valence-electron chi connectivity index (χ1n) is 16.9. The van der Waals surface area contributed by atoms with Crippen LogP contribution in [0.5, 0.6) is 5.88 Å². The van der Waals surface area contributed by atoms with Gasteiger partial charge in [0, 0.05) is 0 Å². The van der Waals surface area contributed by atoms with Crippen LogP contribution in [0.3, 0.4) is 0 Å². The van der Waals surface area contributed by atoms with Crippen molar-refractivity contribution in [3.05, 3.63) is 26.4 Å². The number of H-pyrrole nitrogens is 2. The molecule has 6 rings (SSSR count). The van der Waals surface area contributed by atoms with Gasteiger partial charge in [-0.25, -0.2) is 14.4 Å². The topological polar surface area (TPSA) is 507 Å². The maximum Gasteiger partial charge on any atom is 1.00 e. The van der Waals surface area contributed by atoms with E-state index in [1.54, 1.807) is 0 Å². The molecule has 30 nitrogen and oxygen atoms in total. The number of aliphatic hydroxyl groups excluding tert-OH is 13. The molecule has 0 radical (unpaired) electrons. The number of ether oxygens (including phenoxy) is 4. The van der Waals surface area contributed by atoms with Crippen LogP contribution in [0.1, 0.15) is 18.1 Å². The van der Waals surface area contributed by atoms with Gasteiger partial charge in [-0.3, -0.25) is 45.1 Å². The first-order valence-corrected chi connectivity index (χ1v) is 16.9. The number of barbiturate groups is 1. The number of alkyl carbamates (subject to hydrolysis) is 1. The van der Waals surface area contributed by atoms with Crippen LogP contribution in [0.25, 0.3) is 0 Å². The van der Waals surface area contributed by atoms with Crippen LogP contribution in [0, 0.1) is 0 Å². The van der Waals surface area contributed by atoms with E-state index in [9.17, 15) is 69.3 Å². The Kier molecular flexibility index (Phi) is 20.1. The van der Waals surface area contributed by atoms with E-state index in [0.717, 1.165) is 0 Å². The zero-order valence-electron chi connectivity index (χ0n) is 30.8. The largest absolute Gasteiger partial charge is 1.00 e. The first kappa shape index (κ1) is 52.5. The summed E-state index contributed by atoms with van der Waals surface area (Å²) in [6.45, 7) is -1.82. The molecule has 4 unspecified atom stereocenters. The number of imide groups is 3. The predicted octanol–water partition coefficient (Wildman–Crippen LogP) is -14.7. The molecular formula is C29H43N5NaO25+. The van der Waals surface area contributed by atoms with Gasteiger partial charge in [0.05, 0.1) is 19.8 Å². The maximum absolute atomic E-state index is 11.7. The molecule has 0 aromatic carbocycles. The van der Waals surface area contributed by atoms with Gasteiger partial charge in [0.15, 0.2) is 6.29 Å². The van der Waals surface area contributed by atoms with E-state index in [4.69, 9.17) is 45.2 Å². The predicted molar refractivity (Wildman–Crippen MR) is 177 cm³/mol. The molecule has 0 bridgehead atoms. The Labute approximate surface area is 355 Å². The Morgan fingerprint density at radius 3 is 1.45 bits per heavy atom. The van der Waals surface area contributed by atoms with Crippen molar-refractivity contribution in [1.29, 1.82) is 0 Å². The van der Waals surface area contributed by atoms with Gasteiger partial charge in [-0.2, -0.15) is 0 Å². The molecule has 5 aliphatic heterocycles. The number of aromatic hydroxyl groups is 1. The fourth-order valence-electron chi connectivity index (χ4n) is 5.66. The summed E-state index contributed by atoms with van der Waals surface area (Å²) in [6, 6.07) is -0.740. The van der Waals surface area contributed by atoms with Crippen molar-refractivity contribution in [2.75, 3.05) is 19.8 Å². The minimum Gasteiger partial charge on any atom is -0.494 e. The monoisotopic (exact) mass is 884 g/mol. The fraction of sp³-hybridized carbons (Fsp3) is 0.690. The summed E-state index contributed by atoms with van der Waals surface area (Å²) in [4.78, 5) is 79.4. The summed E-state index contributed by atoms with van der Waals surface area (Å²) >= 11 is 0. The Bertz CT molecular complexity index is 1710. The second kappa shape index (κ2) is 23.0. The Morgan fingerprint density at radius 2 is 1.00 bits per heavy atom. The smallest absolute Gasteiger partial charge is 0.494 e. The van der Waals surface area contributed by atoms with Crippen LogP contribution in [-0.4, -0.2) is 223 Å². The average molecular weight is 885 g/mol. The van der Waals surface area contributed by atoms with Gasteiger partial charge in [-0.05, 0) is 0 Å². The number of hydrogen-bond acceptors (Lipinski definition) is 25. The van der Waals surface area contributed by atoms with Gasteiger partial charge >= 0.3 is 47.4 Å². The van der Waals surface area contributed by atoms with Crippen molar-refractivity contribution in [2.45, 2.75) is 104 Å². The minimum atomic E-state index is -1.73. The molecule has 19 N–H and O–H groups in total. The summed E-state index contributed by atoms with van der Waals surface area (Å²) in [6.07, 6.45) is -24.8. The number of aromatic nitrogens is 2. The van der Waals surface area contributed by atoms with Crippen LogP contribution >= 0.6 is 0 Å². The van der Waals surface area contributed by atoms with Crippen molar-refractivity contribution >= 4 is 29.8 Å². The van der Waals surface area contributed by atoms with Gasteiger partial charge in [0.1, 0.15) is 97.4 Å². The van der Waals surface area contributed by atoms with E-state index in [2.05, 4.69) is 9.47 Å². The molecule has 16 atom stereocenters. The van der Waals surface area contributed by atoms with Crippen LogP contribution in [0.4, 0.5) is 9.59 Å². The number of carbonyl (C=O) groups is 5. The van der Waals surface area contributed by atoms with Crippen molar-refractivity contribution in [3.63, 3.8) is 0 Å². The SMILES string of the molecule is O=C1CC(=O)NC(=O)N1.O=C1NC(=O)C(C2O[C@H](CO)[C@@H](O)[C@H](O)[C@H]2O)O1.O=c1[nH]c(O)c(C2O[C@H](CO)[C@@H](O)[C@H](O)[C@H]2O)c(=O)[nH]1.OC[C@H]1OC(O)[C@H](O)[C@@H](O)[C@@H]1O.[Na+]. The van der Waals surface area contributed by atoms with Crippen molar-refractivity contribution < 1.29 is 144 Å². The number of amides is 6. The Hall–Kier alpha value is -3.61. The zero-order valence-corrected chi connectivity index (χ0v) is 32.8. The van der Waals surface area contributed by atoms with E-state index in [1.807, 2.05) is 25.9 Å². The molecule has 60 heavy (non-hydrogen) atoms. The third-order valence-electron chi connectivity index (χ3n) is 8.77. The molecule has 5 fully saturated rings. The number of carbonyl (C=O) groups excluding carboxylic acids is 5. The Morgan fingerprint density at radius 1 is 0.533 bits per heavy atom. The summed E-state index contributed by atoms with van der Waals surface area (Å²) in [5.74, 6) is -2.75. The van der Waals surface area contributed by atoms with E-state index >= 15 is 0 Å². The normalized spacial score (nSPS) is 37.5. The number of aromatic amines is 2. The Balaban J connectivity index is 0.000000285. The van der Waals surface area contributed by atoms with Gasteiger partial charge in [-0.1, -0.05) is 0 Å². The van der Waals surface area contributed by atoms with Crippen LogP contribution in [0.2, 0.25) is 0 Å². The summed E-state index contributed by atoms with van der Waals surface area (Å²) < 4.78 is 19.4. The van der Waals surface area contributed by atoms with Gasteiger partial charge in [0.25, 0.3) is 11.5 Å². The van der Waals surface area contributed by atoms with E-state index in [1.165, 1.54) is 0 Å². The zero-order chi connectivity index (χ0) is 44.6. The number of nitrogens with one attached hydrogen (secondary N) is 5. The summed E-state index contributed by atoms with van der Waals surface area (Å²) in [7, 11) is 0. The van der Waals surface area contributed by atoms with E-state index in [0.29, 0.717) is 0 Å². The molecule has 31 heteroatoms. The molecule has 6 heterocycles. The quantitative estimate of drug-likeness (QED) is 0.0964. The number of cyclic esters (lactones) is 1. The molecule has 0 spiro atoms. The fourth-order valence-corrected chi connectivity index (χ4v) is 5.66. The molecule has 0 aliphatic carbocycles. The van der Waals surface area contributed by atoms with Crippen LogP contribution in [0.15, 0.2) is 9.59 Å².